The summed E-state index contributed by atoms with van der Waals surface area (Å²) in [6.45, 7) is 7.41. The summed E-state index contributed by atoms with van der Waals surface area (Å²) in [4.78, 5) is 11.6. The summed E-state index contributed by atoms with van der Waals surface area (Å²) in [5, 5.41) is 21.1. The van der Waals surface area contributed by atoms with Crippen molar-refractivity contribution in [2.24, 2.45) is 5.92 Å². The number of aryl methyl sites for hydroxylation is 1. The molecule has 0 amide bonds. The molecule has 2 atom stereocenters. The first kappa shape index (κ1) is 15.7. The highest BCUT2D eigenvalue weighted by Gasteiger charge is 2.26. The number of carbonyl (C=O) groups is 1. The molecule has 0 spiro atoms. The molecule has 0 saturated carbocycles. The number of rotatable bonds is 6. The summed E-state index contributed by atoms with van der Waals surface area (Å²) in [7, 11) is 0. The molecule has 6 nitrogen and oxygen atoms in total. The van der Waals surface area contributed by atoms with E-state index in [1.165, 1.54) is 0 Å². The molecule has 0 radical (unpaired) electrons. The van der Waals surface area contributed by atoms with Crippen LogP contribution >= 0.6 is 0 Å². The van der Waals surface area contributed by atoms with E-state index >= 15 is 0 Å². The van der Waals surface area contributed by atoms with Crippen LogP contribution in [0.4, 0.5) is 5.82 Å². The van der Waals surface area contributed by atoms with Crippen LogP contribution in [0.1, 0.15) is 48.8 Å². The van der Waals surface area contributed by atoms with E-state index in [1.807, 2.05) is 20.8 Å². The predicted molar refractivity (Wildman–Crippen MR) is 79.8 cm³/mol. The fourth-order valence-corrected chi connectivity index (χ4v) is 2.78. The van der Waals surface area contributed by atoms with E-state index in [0.717, 1.165) is 24.3 Å². The smallest absolute Gasteiger partial charge is 0.339 e. The first-order valence-corrected chi connectivity index (χ1v) is 7.54. The molecule has 1 aliphatic heterocycles. The largest absolute Gasteiger partial charge is 0.478 e. The third-order valence-corrected chi connectivity index (χ3v) is 4.10. The first-order valence-electron chi connectivity index (χ1n) is 7.54. The summed E-state index contributed by atoms with van der Waals surface area (Å²) in [5.74, 6) is -0.200. The average Bonchev–Trinajstić information content (AvgIpc) is 3.00. The van der Waals surface area contributed by atoms with Crippen LogP contribution < -0.4 is 5.32 Å². The zero-order valence-corrected chi connectivity index (χ0v) is 12.8. The Morgan fingerprint density at radius 1 is 1.43 bits per heavy atom. The number of aromatic carboxylic acids is 1. The number of nitrogens with zero attached hydrogens (tertiary/aromatic N) is 2. The first-order chi connectivity index (χ1) is 10.1. The normalized spacial score (nSPS) is 19.5. The van der Waals surface area contributed by atoms with Crippen molar-refractivity contribution in [3.63, 3.8) is 0 Å². The van der Waals surface area contributed by atoms with E-state index in [9.17, 15) is 9.90 Å². The fourth-order valence-electron chi connectivity index (χ4n) is 2.78. The zero-order valence-electron chi connectivity index (χ0n) is 12.8. The molecule has 116 valence electrons. The van der Waals surface area contributed by atoms with Crippen LogP contribution in [-0.4, -0.2) is 40.5 Å². The Bertz CT molecular complexity index is 513. The molecule has 1 saturated heterocycles. The Hall–Kier alpha value is -1.69. The molecule has 0 aliphatic carbocycles. The van der Waals surface area contributed by atoms with Gasteiger partial charge in [0.05, 0.1) is 12.3 Å². The number of aromatic nitrogens is 2. The number of carboxylic acids is 1. The Labute approximate surface area is 124 Å². The van der Waals surface area contributed by atoms with Crippen LogP contribution in [-0.2, 0) is 17.6 Å². The Morgan fingerprint density at radius 2 is 2.19 bits per heavy atom. The molecule has 21 heavy (non-hydrogen) atoms. The highest BCUT2D eigenvalue weighted by atomic mass is 16.5. The van der Waals surface area contributed by atoms with Gasteiger partial charge in [-0.05, 0) is 31.7 Å². The molecule has 2 unspecified atom stereocenters. The maximum Gasteiger partial charge on any atom is 0.339 e. The second-order valence-corrected chi connectivity index (χ2v) is 5.42. The number of nitrogens with one attached hydrogen (secondary N) is 1. The molecule has 1 fully saturated rings. The van der Waals surface area contributed by atoms with Gasteiger partial charge in [0.2, 0.25) is 0 Å². The lowest BCUT2D eigenvalue weighted by molar-refractivity contribution is 0.0696. The van der Waals surface area contributed by atoms with Gasteiger partial charge in [0.25, 0.3) is 0 Å². The molecule has 2 N–H and O–H groups in total. The van der Waals surface area contributed by atoms with Crippen LogP contribution in [0.15, 0.2) is 0 Å². The molecular weight excluding hydrogens is 270 g/mol. The molecule has 6 heteroatoms. The molecule has 1 aliphatic rings. The number of carboxylic acid groups (broad SMARTS) is 1. The fraction of sp³-hybridized carbons (Fsp3) is 0.667. The molecule has 2 heterocycles. The topological polar surface area (TPSA) is 84.3 Å². The van der Waals surface area contributed by atoms with Gasteiger partial charge in [-0.1, -0.05) is 13.8 Å². The van der Waals surface area contributed by atoms with Gasteiger partial charge in [0, 0.05) is 18.6 Å². The molecule has 2 rings (SSSR count). The number of hydrogen-bond donors (Lipinski definition) is 2. The number of hydrogen-bond acceptors (Lipinski definition) is 5. The Balaban J connectivity index is 2.31. The van der Waals surface area contributed by atoms with Gasteiger partial charge < -0.3 is 15.2 Å². The molecule has 1 aromatic rings. The van der Waals surface area contributed by atoms with Crippen LogP contribution in [0.25, 0.3) is 0 Å². The number of anilines is 1. The molecular formula is C15H23N3O3. The van der Waals surface area contributed by atoms with Gasteiger partial charge in [0.15, 0.2) is 5.82 Å². The quantitative estimate of drug-likeness (QED) is 0.836. The third kappa shape index (κ3) is 3.32. The summed E-state index contributed by atoms with van der Waals surface area (Å²) < 4.78 is 5.38. The van der Waals surface area contributed by atoms with Gasteiger partial charge in [-0.25, -0.2) is 4.79 Å². The summed E-state index contributed by atoms with van der Waals surface area (Å²) in [6, 6.07) is 0.108. The summed E-state index contributed by atoms with van der Waals surface area (Å²) in [5.41, 5.74) is 1.80. The van der Waals surface area contributed by atoms with Gasteiger partial charge >= 0.3 is 5.97 Å². The highest BCUT2D eigenvalue weighted by molar-refractivity contribution is 5.95. The van der Waals surface area contributed by atoms with Gasteiger partial charge in [-0.15, -0.1) is 5.10 Å². The monoisotopic (exact) mass is 293 g/mol. The lowest BCUT2D eigenvalue weighted by Crippen LogP contribution is -2.28. The summed E-state index contributed by atoms with van der Waals surface area (Å²) >= 11 is 0. The van der Waals surface area contributed by atoms with Gasteiger partial charge in [-0.3, -0.25) is 0 Å². The van der Waals surface area contributed by atoms with E-state index in [2.05, 4.69) is 15.5 Å². The van der Waals surface area contributed by atoms with Crippen molar-refractivity contribution in [1.82, 2.24) is 10.2 Å². The van der Waals surface area contributed by atoms with E-state index in [1.54, 1.807) is 0 Å². The lowest BCUT2D eigenvalue weighted by Gasteiger charge is -2.21. The predicted octanol–water partition coefficient (Wildman–Crippen LogP) is 2.14. The molecule has 1 aromatic heterocycles. The Morgan fingerprint density at radius 3 is 2.71 bits per heavy atom. The van der Waals surface area contributed by atoms with Gasteiger partial charge in [-0.2, -0.15) is 5.10 Å². The van der Waals surface area contributed by atoms with Crippen molar-refractivity contribution in [3.8, 4) is 0 Å². The van der Waals surface area contributed by atoms with Crippen molar-refractivity contribution >= 4 is 11.8 Å². The van der Waals surface area contributed by atoms with Crippen molar-refractivity contribution in [3.05, 3.63) is 16.8 Å². The number of ether oxygens (including phenoxy) is 1. The highest BCUT2D eigenvalue weighted by Crippen LogP contribution is 2.24. The van der Waals surface area contributed by atoms with Crippen molar-refractivity contribution in [2.75, 3.05) is 18.5 Å². The van der Waals surface area contributed by atoms with Crippen molar-refractivity contribution in [1.29, 1.82) is 0 Å². The zero-order chi connectivity index (χ0) is 15.4. The second-order valence-electron chi connectivity index (χ2n) is 5.42. The van der Waals surface area contributed by atoms with Crippen LogP contribution in [0.2, 0.25) is 0 Å². The van der Waals surface area contributed by atoms with Crippen LogP contribution in [0.3, 0.4) is 0 Å². The third-order valence-electron chi connectivity index (χ3n) is 4.10. The van der Waals surface area contributed by atoms with Gasteiger partial charge in [0.1, 0.15) is 5.56 Å². The maximum absolute atomic E-state index is 11.6. The SMILES string of the molecule is CCc1nnc(NC(C)C2CCOC2)c(C(=O)O)c1CC. The minimum Gasteiger partial charge on any atom is -0.478 e. The molecule has 0 bridgehead atoms. The summed E-state index contributed by atoms with van der Waals surface area (Å²) in [6.07, 6.45) is 2.30. The minimum absolute atomic E-state index is 0.108. The van der Waals surface area contributed by atoms with E-state index in [0.29, 0.717) is 31.2 Å². The van der Waals surface area contributed by atoms with Crippen molar-refractivity contribution in [2.45, 2.75) is 46.1 Å². The molecule has 0 aromatic carbocycles. The van der Waals surface area contributed by atoms with E-state index < -0.39 is 5.97 Å². The van der Waals surface area contributed by atoms with Crippen LogP contribution in [0, 0.1) is 5.92 Å². The van der Waals surface area contributed by atoms with E-state index in [-0.39, 0.29) is 11.6 Å². The average molecular weight is 293 g/mol. The van der Waals surface area contributed by atoms with E-state index in [4.69, 9.17) is 4.74 Å². The second kappa shape index (κ2) is 6.85. The Kier molecular flexibility index (Phi) is 5.12. The maximum atomic E-state index is 11.6. The lowest BCUT2D eigenvalue weighted by atomic mass is 9.99. The van der Waals surface area contributed by atoms with Crippen LogP contribution in [0.5, 0.6) is 0 Å². The van der Waals surface area contributed by atoms with Crippen molar-refractivity contribution < 1.29 is 14.6 Å². The minimum atomic E-state index is -0.950. The standard InChI is InChI=1S/C15H23N3O3/c1-4-11-12(5-2)17-18-14(13(11)15(19)20)16-9(3)10-6-7-21-8-10/h9-10H,4-8H2,1-3H3,(H,16,18)(H,19,20).